The van der Waals surface area contributed by atoms with Gasteiger partial charge in [0.05, 0.1) is 5.69 Å². The lowest BCUT2D eigenvalue weighted by Crippen LogP contribution is -1.84. The topological polar surface area (TPSA) is 26.0 Å². The molecule has 0 aliphatic rings. The zero-order valence-corrected chi connectivity index (χ0v) is 5.72. The normalized spacial score (nSPS) is 10.7. The van der Waals surface area contributed by atoms with E-state index in [-0.39, 0.29) is 0 Å². The van der Waals surface area contributed by atoms with Crippen LogP contribution in [0.15, 0.2) is 10.6 Å². The van der Waals surface area contributed by atoms with E-state index < -0.39 is 0 Å². The van der Waals surface area contributed by atoms with Crippen molar-refractivity contribution in [2.24, 2.45) is 0 Å². The Morgan fingerprint density at radius 1 is 1.67 bits per heavy atom. The second-order valence-corrected chi connectivity index (χ2v) is 2.37. The number of rotatable bonds is 1. The van der Waals surface area contributed by atoms with E-state index in [0.717, 1.165) is 5.69 Å². The first-order chi connectivity index (χ1) is 4.20. The molecule has 0 fully saturated rings. The van der Waals surface area contributed by atoms with Gasteiger partial charge in [0.15, 0.2) is 0 Å². The molecule has 0 saturated heterocycles. The molecule has 0 N–H and O–H groups in total. The van der Waals surface area contributed by atoms with Gasteiger partial charge in [-0.25, -0.2) is 0 Å². The van der Waals surface area contributed by atoms with E-state index in [1.807, 2.05) is 6.07 Å². The highest BCUT2D eigenvalue weighted by atomic mass is 16.5. The third-order valence-corrected chi connectivity index (χ3v) is 1.17. The highest BCUT2D eigenvalue weighted by molar-refractivity contribution is 5.10. The van der Waals surface area contributed by atoms with Crippen molar-refractivity contribution >= 4 is 0 Å². The molecule has 1 aromatic heterocycles. The average Bonchev–Trinajstić information content (AvgIpc) is 2.14. The summed E-state index contributed by atoms with van der Waals surface area (Å²) >= 11 is 0. The van der Waals surface area contributed by atoms with Crippen molar-refractivity contribution in [2.45, 2.75) is 19.8 Å². The van der Waals surface area contributed by atoms with E-state index in [2.05, 4.69) is 25.9 Å². The van der Waals surface area contributed by atoms with Gasteiger partial charge in [-0.3, -0.25) is 0 Å². The van der Waals surface area contributed by atoms with Crippen LogP contribution in [-0.2, 0) is 0 Å². The van der Waals surface area contributed by atoms with Gasteiger partial charge < -0.3 is 4.52 Å². The molecule has 0 aliphatic heterocycles. The summed E-state index contributed by atoms with van der Waals surface area (Å²) in [7, 11) is 0. The smallest absolute Gasteiger partial charge is 0.137 e. The molecule has 9 heavy (non-hydrogen) atoms. The zero-order chi connectivity index (χ0) is 6.85. The molecule has 1 radical (unpaired) electrons. The van der Waals surface area contributed by atoms with Crippen molar-refractivity contribution in [2.75, 3.05) is 0 Å². The first-order valence-corrected chi connectivity index (χ1v) is 2.98. The van der Waals surface area contributed by atoms with Gasteiger partial charge in [-0.1, -0.05) is 19.0 Å². The summed E-state index contributed by atoms with van der Waals surface area (Å²) in [6, 6.07) is 1.85. The Kier molecular flexibility index (Phi) is 1.56. The van der Waals surface area contributed by atoms with Crippen LogP contribution < -0.4 is 0 Å². The fourth-order valence-electron chi connectivity index (χ4n) is 0.601. The number of hydrogen-bond donors (Lipinski definition) is 0. The second kappa shape index (κ2) is 2.21. The summed E-state index contributed by atoms with van der Waals surface area (Å²) in [5.74, 6) is 1.07. The molecule has 0 spiro atoms. The maximum absolute atomic E-state index is 4.76. The molecule has 49 valence electrons. The highest BCUT2D eigenvalue weighted by Gasteiger charge is 2.02. The Balaban J connectivity index is 2.85. The van der Waals surface area contributed by atoms with Crippen molar-refractivity contribution in [3.63, 3.8) is 0 Å². The van der Waals surface area contributed by atoms with Gasteiger partial charge in [-0.2, -0.15) is 0 Å². The summed E-state index contributed by atoms with van der Waals surface area (Å²) < 4.78 is 4.76. The number of aromatic nitrogens is 1. The van der Waals surface area contributed by atoms with Crippen LogP contribution in [-0.4, -0.2) is 5.16 Å². The van der Waals surface area contributed by atoms with Gasteiger partial charge in [0.25, 0.3) is 0 Å². The van der Waals surface area contributed by atoms with Crippen LogP contribution in [0.2, 0.25) is 0 Å². The quantitative estimate of drug-likeness (QED) is 0.572. The van der Waals surface area contributed by atoms with Gasteiger partial charge in [0, 0.05) is 13.0 Å². The molecule has 0 unspecified atom stereocenters. The van der Waals surface area contributed by atoms with Crippen molar-refractivity contribution < 1.29 is 4.52 Å². The van der Waals surface area contributed by atoms with Crippen LogP contribution >= 0.6 is 0 Å². The average molecular weight is 124 g/mol. The van der Waals surface area contributed by atoms with Crippen LogP contribution in [0.3, 0.4) is 0 Å². The minimum Gasteiger partial charge on any atom is -0.361 e. The molecule has 0 amide bonds. The predicted octanol–water partition coefficient (Wildman–Crippen LogP) is 1.98. The predicted molar refractivity (Wildman–Crippen MR) is 35.1 cm³/mol. The third kappa shape index (κ3) is 1.31. The first-order valence-electron chi connectivity index (χ1n) is 2.98. The maximum atomic E-state index is 4.76. The monoisotopic (exact) mass is 124 g/mol. The number of hydrogen-bond acceptors (Lipinski definition) is 2. The van der Waals surface area contributed by atoms with Gasteiger partial charge in [0.1, 0.15) is 5.76 Å². The molecule has 0 aliphatic carbocycles. The lowest BCUT2D eigenvalue weighted by atomic mass is 10.1. The molecule has 1 heterocycles. The largest absolute Gasteiger partial charge is 0.361 e. The molecular weight excluding hydrogens is 114 g/mol. The van der Waals surface area contributed by atoms with E-state index >= 15 is 0 Å². The van der Waals surface area contributed by atoms with Crippen LogP contribution in [0, 0.1) is 6.92 Å². The Hall–Kier alpha value is -0.790. The Bertz CT molecular complexity index is 191. The SMILES string of the molecule is [CH2]c1cc(C(C)C)no1. The maximum Gasteiger partial charge on any atom is 0.137 e. The molecule has 0 aromatic carbocycles. The molecule has 1 rings (SSSR count). The van der Waals surface area contributed by atoms with Gasteiger partial charge in [-0.15, -0.1) is 0 Å². The van der Waals surface area contributed by atoms with Crippen LogP contribution in [0.1, 0.15) is 31.2 Å². The van der Waals surface area contributed by atoms with Crippen molar-refractivity contribution in [3.8, 4) is 0 Å². The van der Waals surface area contributed by atoms with Crippen LogP contribution in [0.25, 0.3) is 0 Å². The summed E-state index contributed by atoms with van der Waals surface area (Å²) in [4.78, 5) is 0. The minimum atomic E-state index is 0.434. The highest BCUT2D eigenvalue weighted by Crippen LogP contribution is 2.12. The van der Waals surface area contributed by atoms with E-state index in [1.54, 1.807) is 0 Å². The molecule has 0 atom stereocenters. The van der Waals surface area contributed by atoms with E-state index in [4.69, 9.17) is 4.52 Å². The summed E-state index contributed by atoms with van der Waals surface area (Å²) in [5, 5.41) is 3.78. The van der Waals surface area contributed by atoms with Crippen molar-refractivity contribution in [1.82, 2.24) is 5.16 Å². The molecular formula is C7H10NO. The van der Waals surface area contributed by atoms with Crippen molar-refractivity contribution in [3.05, 3.63) is 24.4 Å². The lowest BCUT2D eigenvalue weighted by molar-refractivity contribution is 0.397. The van der Waals surface area contributed by atoms with Gasteiger partial charge >= 0.3 is 0 Å². The zero-order valence-electron chi connectivity index (χ0n) is 5.72. The Labute approximate surface area is 54.9 Å². The molecule has 1 aromatic rings. The Morgan fingerprint density at radius 2 is 2.33 bits per heavy atom. The number of nitrogens with zero attached hydrogens (tertiary/aromatic N) is 1. The summed E-state index contributed by atoms with van der Waals surface area (Å²) in [6.45, 7) is 7.73. The molecule has 0 saturated carbocycles. The summed E-state index contributed by atoms with van der Waals surface area (Å²) in [6.07, 6.45) is 0. The van der Waals surface area contributed by atoms with Crippen LogP contribution in [0.5, 0.6) is 0 Å². The molecule has 2 nitrogen and oxygen atoms in total. The van der Waals surface area contributed by atoms with Crippen LogP contribution in [0.4, 0.5) is 0 Å². The lowest BCUT2D eigenvalue weighted by Gasteiger charge is -1.92. The standard InChI is InChI=1S/C7H10NO/c1-5(2)7-4-6(3)9-8-7/h4-5H,3H2,1-2H3. The molecule has 0 bridgehead atoms. The van der Waals surface area contributed by atoms with Gasteiger partial charge in [0.2, 0.25) is 0 Å². The fraction of sp³-hybridized carbons (Fsp3) is 0.429. The first kappa shape index (κ1) is 6.33. The van der Waals surface area contributed by atoms with E-state index in [0.29, 0.717) is 11.7 Å². The van der Waals surface area contributed by atoms with Crippen molar-refractivity contribution in [1.29, 1.82) is 0 Å². The Morgan fingerprint density at radius 3 is 2.56 bits per heavy atom. The van der Waals surface area contributed by atoms with Gasteiger partial charge in [-0.05, 0) is 5.92 Å². The van der Waals surface area contributed by atoms with E-state index in [1.165, 1.54) is 0 Å². The third-order valence-electron chi connectivity index (χ3n) is 1.17. The van der Waals surface area contributed by atoms with E-state index in [9.17, 15) is 0 Å². The molecule has 2 heteroatoms. The summed E-state index contributed by atoms with van der Waals surface area (Å²) in [5.41, 5.74) is 0.972. The fourth-order valence-corrected chi connectivity index (χ4v) is 0.601. The minimum absolute atomic E-state index is 0.434. The second-order valence-electron chi connectivity index (χ2n) is 2.37.